The van der Waals surface area contributed by atoms with Crippen molar-refractivity contribution in [1.82, 2.24) is 9.13 Å². The van der Waals surface area contributed by atoms with Gasteiger partial charge in [-0.05, 0) is 90.0 Å². The number of hydrogen-bond donors (Lipinski definition) is 0. The van der Waals surface area contributed by atoms with Crippen LogP contribution in [0.4, 0.5) is 0 Å². The maximum Gasteiger partial charge on any atom is 0.0491 e. The highest BCUT2D eigenvalue weighted by atomic mass is 15.0. The van der Waals surface area contributed by atoms with E-state index < -0.39 is 0 Å². The van der Waals surface area contributed by atoms with Crippen LogP contribution in [0.15, 0.2) is 99.1 Å². The Morgan fingerprint density at radius 3 is 0.949 bits per heavy atom. The van der Waals surface area contributed by atoms with Gasteiger partial charge < -0.3 is 9.13 Å². The van der Waals surface area contributed by atoms with Crippen molar-refractivity contribution in [3.8, 4) is 0 Å². The van der Waals surface area contributed by atoms with E-state index in [1.165, 1.54) is 43.6 Å². The van der Waals surface area contributed by atoms with E-state index in [0.717, 1.165) is 54.6 Å². The fourth-order valence-corrected chi connectivity index (χ4v) is 5.98. The Morgan fingerprint density at radius 2 is 0.692 bits per heavy atom. The molecule has 192 valence electrons. The van der Waals surface area contributed by atoms with Crippen LogP contribution < -0.4 is 0 Å². The molecule has 2 nitrogen and oxygen atoms in total. The summed E-state index contributed by atoms with van der Waals surface area (Å²) in [4.78, 5) is 0. The van der Waals surface area contributed by atoms with Gasteiger partial charge in [0.15, 0.2) is 0 Å². The zero-order valence-corrected chi connectivity index (χ0v) is 22.5. The second kappa shape index (κ2) is 10.3. The topological polar surface area (TPSA) is 9.86 Å². The summed E-state index contributed by atoms with van der Waals surface area (Å²) in [6.45, 7) is 17.9. The number of aromatic nitrogens is 2. The molecule has 2 heterocycles. The van der Waals surface area contributed by atoms with Crippen molar-refractivity contribution in [2.24, 2.45) is 0 Å². The van der Waals surface area contributed by atoms with E-state index in [4.69, 9.17) is 0 Å². The highest BCUT2D eigenvalue weighted by Crippen LogP contribution is 2.33. The zero-order chi connectivity index (χ0) is 26.9. The molecule has 0 radical (unpaired) electrons. The fourth-order valence-electron chi connectivity index (χ4n) is 5.98. The van der Waals surface area contributed by atoms with E-state index in [2.05, 4.69) is 108 Å². The van der Waals surface area contributed by atoms with Crippen LogP contribution in [0.1, 0.15) is 41.5 Å². The highest BCUT2D eigenvalue weighted by Gasteiger charge is 2.13. The van der Waals surface area contributed by atoms with Crippen LogP contribution in [0.25, 0.3) is 67.9 Å². The zero-order valence-electron chi connectivity index (χ0n) is 22.5. The summed E-state index contributed by atoms with van der Waals surface area (Å²) in [5, 5.41) is 5.15. The summed E-state index contributed by atoms with van der Waals surface area (Å²) < 4.78 is 4.97. The van der Waals surface area contributed by atoms with Gasteiger partial charge in [-0.2, -0.15) is 0 Å². The average Bonchev–Trinajstić information content (AvgIpc) is 3.47. The van der Waals surface area contributed by atoms with E-state index in [0.29, 0.717) is 0 Å². The third kappa shape index (κ3) is 4.32. The Balaban J connectivity index is 1.25. The predicted molar refractivity (Wildman–Crippen MR) is 173 cm³/mol. The molecule has 2 aromatic heterocycles. The number of fused-ring (bicyclic) bond motifs is 6. The van der Waals surface area contributed by atoms with Crippen molar-refractivity contribution in [2.75, 3.05) is 0 Å². The largest absolute Gasteiger partial charge is 0.340 e. The molecular formula is C37H34N2. The number of nitrogens with zero attached hydrogens (tertiary/aromatic N) is 2. The number of aryl methyl sites for hydroxylation is 2. The molecule has 2 heteroatoms. The maximum absolute atomic E-state index is 3.97. The van der Waals surface area contributed by atoms with E-state index in [9.17, 15) is 0 Å². The second-order valence-electron chi connectivity index (χ2n) is 10.3. The van der Waals surface area contributed by atoms with Gasteiger partial charge in [-0.25, -0.2) is 0 Å². The third-order valence-electron chi connectivity index (χ3n) is 8.03. The Bertz CT molecular complexity index is 1640. The molecule has 0 atom stereocenters. The Kier molecular flexibility index (Phi) is 6.54. The average molecular weight is 507 g/mol. The molecule has 4 aromatic carbocycles. The SMILES string of the molecule is C=Cc1ccc2c(c1)c1cc(C=C)ccc1n2CCCCCn1c2ccc(C=C)cc2c2cc(C=C)ccc21. The van der Waals surface area contributed by atoms with Crippen molar-refractivity contribution in [2.45, 2.75) is 32.4 Å². The Labute approximate surface area is 230 Å². The summed E-state index contributed by atoms with van der Waals surface area (Å²) >= 11 is 0. The van der Waals surface area contributed by atoms with Crippen molar-refractivity contribution in [3.63, 3.8) is 0 Å². The molecule has 0 N–H and O–H groups in total. The van der Waals surface area contributed by atoms with Gasteiger partial charge in [0.2, 0.25) is 0 Å². The number of unbranched alkanes of at least 4 members (excludes halogenated alkanes) is 2. The summed E-state index contributed by atoms with van der Waals surface area (Å²) in [6.07, 6.45) is 11.1. The second-order valence-corrected chi connectivity index (χ2v) is 10.3. The highest BCUT2D eigenvalue weighted by molar-refractivity contribution is 6.10. The molecule has 39 heavy (non-hydrogen) atoms. The third-order valence-corrected chi connectivity index (χ3v) is 8.03. The molecule has 0 bridgehead atoms. The quantitative estimate of drug-likeness (QED) is 0.164. The molecule has 0 aliphatic rings. The minimum atomic E-state index is 0.999. The van der Waals surface area contributed by atoms with Crippen LogP contribution in [0.5, 0.6) is 0 Å². The number of rotatable bonds is 10. The van der Waals surface area contributed by atoms with Gasteiger partial charge >= 0.3 is 0 Å². The summed E-state index contributed by atoms with van der Waals surface area (Å²) in [5.41, 5.74) is 9.75. The molecule has 0 amide bonds. The van der Waals surface area contributed by atoms with Crippen LogP contribution in [0.2, 0.25) is 0 Å². The predicted octanol–water partition coefficient (Wildman–Crippen LogP) is 10.3. The van der Waals surface area contributed by atoms with Gasteiger partial charge in [-0.15, -0.1) is 0 Å². The molecule has 6 rings (SSSR count). The lowest BCUT2D eigenvalue weighted by atomic mass is 10.1. The first-order valence-electron chi connectivity index (χ1n) is 13.8. The number of hydrogen-bond acceptors (Lipinski definition) is 0. The van der Waals surface area contributed by atoms with E-state index in [-0.39, 0.29) is 0 Å². The van der Waals surface area contributed by atoms with Gasteiger partial charge in [-0.1, -0.05) is 74.9 Å². The van der Waals surface area contributed by atoms with Gasteiger partial charge in [-0.3, -0.25) is 0 Å². The molecular weight excluding hydrogens is 472 g/mol. The van der Waals surface area contributed by atoms with Crippen LogP contribution >= 0.6 is 0 Å². The summed E-state index contributed by atoms with van der Waals surface area (Å²) in [5.74, 6) is 0. The first-order chi connectivity index (χ1) is 19.1. The standard InChI is InChI=1S/C37H34N2/c1-5-26-12-16-34-30(22-26)31-23-27(6-2)13-17-35(31)38(34)20-10-9-11-21-39-36-18-14-28(7-3)24-32(36)33-25-29(8-4)15-19-37(33)39/h5-8,12-19,22-25H,1-4,9-11,20-21H2. The fraction of sp³-hybridized carbons (Fsp3) is 0.135. The monoisotopic (exact) mass is 506 g/mol. The molecule has 0 aliphatic heterocycles. The van der Waals surface area contributed by atoms with Crippen LogP contribution in [-0.2, 0) is 13.1 Å². The molecule has 6 aromatic rings. The molecule has 0 unspecified atom stereocenters. The molecule has 0 fully saturated rings. The molecule has 0 spiro atoms. The van der Waals surface area contributed by atoms with Crippen molar-refractivity contribution in [3.05, 3.63) is 121 Å². The minimum absolute atomic E-state index is 0.999. The molecule has 0 saturated heterocycles. The van der Waals surface area contributed by atoms with Crippen molar-refractivity contribution >= 4 is 67.9 Å². The lowest BCUT2D eigenvalue weighted by Crippen LogP contribution is -2.01. The van der Waals surface area contributed by atoms with Crippen molar-refractivity contribution < 1.29 is 0 Å². The van der Waals surface area contributed by atoms with E-state index >= 15 is 0 Å². The van der Waals surface area contributed by atoms with E-state index in [1.54, 1.807) is 0 Å². The van der Waals surface area contributed by atoms with Crippen LogP contribution in [0, 0.1) is 0 Å². The first kappa shape index (κ1) is 24.8. The van der Waals surface area contributed by atoms with Crippen LogP contribution in [-0.4, -0.2) is 9.13 Å². The van der Waals surface area contributed by atoms with Crippen molar-refractivity contribution in [1.29, 1.82) is 0 Å². The normalized spacial score (nSPS) is 11.5. The first-order valence-corrected chi connectivity index (χ1v) is 13.8. The summed E-state index contributed by atoms with van der Waals surface area (Å²) in [7, 11) is 0. The molecule has 0 aliphatic carbocycles. The molecule has 0 saturated carbocycles. The van der Waals surface area contributed by atoms with Gasteiger partial charge in [0, 0.05) is 56.7 Å². The minimum Gasteiger partial charge on any atom is -0.340 e. The summed E-state index contributed by atoms with van der Waals surface area (Å²) in [6, 6.07) is 26.7. The smallest absolute Gasteiger partial charge is 0.0491 e. The maximum atomic E-state index is 3.97. The lowest BCUT2D eigenvalue weighted by Gasteiger charge is -2.10. The van der Waals surface area contributed by atoms with Crippen LogP contribution in [0.3, 0.4) is 0 Å². The Morgan fingerprint density at radius 1 is 0.410 bits per heavy atom. The van der Waals surface area contributed by atoms with Gasteiger partial charge in [0.1, 0.15) is 0 Å². The lowest BCUT2D eigenvalue weighted by molar-refractivity contribution is 0.570. The Hall–Kier alpha value is -4.56. The number of benzene rings is 4. The van der Waals surface area contributed by atoms with E-state index in [1.807, 2.05) is 24.3 Å². The van der Waals surface area contributed by atoms with Gasteiger partial charge in [0.25, 0.3) is 0 Å². The van der Waals surface area contributed by atoms with Gasteiger partial charge in [0.05, 0.1) is 0 Å².